The Morgan fingerprint density at radius 1 is 0.239 bits per heavy atom. The molecule has 15 rings (SSSR count). The molecule has 0 unspecified atom stereocenters. The van der Waals surface area contributed by atoms with Gasteiger partial charge in [-0.3, -0.25) is 0 Å². The third kappa shape index (κ3) is 5.02. The Bertz CT molecular complexity index is 4380. The molecule has 0 N–H and O–H groups in total. The average Bonchev–Trinajstić information content (AvgIpc) is 3.61. The first-order valence-electron chi connectivity index (χ1n) is 23.7. The zero-order valence-corrected chi connectivity index (χ0v) is 37.3. The molecule has 0 heterocycles. The van der Waals surface area contributed by atoms with E-state index in [1.54, 1.807) is 0 Å². The number of benzene rings is 14. The molecule has 0 atom stereocenters. The molecule has 0 saturated carbocycles. The van der Waals surface area contributed by atoms with Gasteiger partial charge in [-0.05, 0) is 165 Å². The van der Waals surface area contributed by atoms with Gasteiger partial charge in [-0.1, -0.05) is 220 Å². The fourth-order valence-electron chi connectivity index (χ4n) is 12.7. The van der Waals surface area contributed by atoms with Crippen molar-refractivity contribution in [2.75, 3.05) is 0 Å². The molecule has 0 bridgehead atoms. The van der Waals surface area contributed by atoms with Gasteiger partial charge in [0.15, 0.2) is 0 Å². The zero-order valence-electron chi connectivity index (χ0n) is 37.3. The Hall–Kier alpha value is -8.32. The average molecular weight is 847 g/mol. The lowest BCUT2D eigenvalue weighted by Crippen LogP contribution is -2.14. The lowest BCUT2D eigenvalue weighted by molar-refractivity contribution is 0.660. The Labute approximate surface area is 388 Å². The van der Waals surface area contributed by atoms with E-state index < -0.39 is 0 Å². The summed E-state index contributed by atoms with van der Waals surface area (Å²) in [5, 5.41) is 20.6. The summed E-state index contributed by atoms with van der Waals surface area (Å²) in [7, 11) is 0. The van der Waals surface area contributed by atoms with E-state index in [1.165, 1.54) is 153 Å². The molecule has 14 aromatic carbocycles. The molecule has 1 aliphatic carbocycles. The molecule has 0 heteroatoms. The smallest absolute Gasteiger partial charge is 0.0159 e. The summed E-state index contributed by atoms with van der Waals surface area (Å²) in [6, 6.07) is 83.2. The van der Waals surface area contributed by atoms with Gasteiger partial charge in [0.1, 0.15) is 0 Å². The second-order valence-electron chi connectivity index (χ2n) is 19.5. The van der Waals surface area contributed by atoms with Gasteiger partial charge in [0.25, 0.3) is 0 Å². The van der Waals surface area contributed by atoms with Gasteiger partial charge in [0.05, 0.1) is 0 Å². The van der Waals surface area contributed by atoms with E-state index in [0.29, 0.717) is 0 Å². The van der Waals surface area contributed by atoms with Gasteiger partial charge in [-0.25, -0.2) is 0 Å². The van der Waals surface area contributed by atoms with Crippen LogP contribution in [0.5, 0.6) is 0 Å². The van der Waals surface area contributed by atoms with E-state index in [2.05, 4.69) is 232 Å². The van der Waals surface area contributed by atoms with Crippen LogP contribution in [0, 0.1) is 0 Å². The molecule has 310 valence electrons. The molecular weight excluding hydrogens is 805 g/mol. The van der Waals surface area contributed by atoms with Crippen LogP contribution in [0.4, 0.5) is 0 Å². The van der Waals surface area contributed by atoms with Crippen molar-refractivity contribution in [3.63, 3.8) is 0 Å². The summed E-state index contributed by atoms with van der Waals surface area (Å²) in [5.74, 6) is 0. The fourth-order valence-corrected chi connectivity index (χ4v) is 12.7. The molecule has 0 nitrogen and oxygen atoms in total. The van der Waals surface area contributed by atoms with E-state index in [1.807, 2.05) is 0 Å². The monoisotopic (exact) mass is 846 g/mol. The summed E-state index contributed by atoms with van der Waals surface area (Å²) in [6.45, 7) is 4.79. The molecule has 0 aliphatic heterocycles. The first kappa shape index (κ1) is 37.0. The Morgan fingerprint density at radius 3 is 1.40 bits per heavy atom. The maximum absolute atomic E-state index is 2.55. The van der Waals surface area contributed by atoms with Crippen molar-refractivity contribution >= 4 is 86.2 Å². The van der Waals surface area contributed by atoms with Gasteiger partial charge in [0, 0.05) is 5.41 Å². The fraction of sp³-hybridized carbons (Fsp3) is 0.0448. The summed E-state index contributed by atoms with van der Waals surface area (Å²) < 4.78 is 0. The lowest BCUT2D eigenvalue weighted by Gasteiger charge is -2.25. The van der Waals surface area contributed by atoms with Crippen molar-refractivity contribution in [3.8, 4) is 55.6 Å². The van der Waals surface area contributed by atoms with E-state index >= 15 is 0 Å². The number of rotatable bonds is 4. The first-order valence-corrected chi connectivity index (χ1v) is 23.7. The second kappa shape index (κ2) is 13.4. The third-order valence-electron chi connectivity index (χ3n) is 15.8. The minimum Gasteiger partial charge on any atom is -0.0619 e. The Kier molecular flexibility index (Phi) is 7.38. The van der Waals surface area contributed by atoms with Crippen molar-refractivity contribution in [3.05, 3.63) is 230 Å². The summed E-state index contributed by atoms with van der Waals surface area (Å²) in [6.07, 6.45) is 0. The number of hydrogen-bond acceptors (Lipinski definition) is 0. The van der Waals surface area contributed by atoms with Crippen molar-refractivity contribution < 1.29 is 0 Å². The largest absolute Gasteiger partial charge is 0.0619 e. The van der Waals surface area contributed by atoms with Crippen LogP contribution < -0.4 is 0 Å². The number of hydrogen-bond donors (Lipinski definition) is 0. The van der Waals surface area contributed by atoms with Gasteiger partial charge in [-0.2, -0.15) is 0 Å². The molecule has 0 aromatic heterocycles. The van der Waals surface area contributed by atoms with E-state index in [4.69, 9.17) is 0 Å². The van der Waals surface area contributed by atoms with Crippen LogP contribution in [0.2, 0.25) is 0 Å². The summed E-state index contributed by atoms with van der Waals surface area (Å²) >= 11 is 0. The Balaban J connectivity index is 1.09. The predicted molar refractivity (Wildman–Crippen MR) is 288 cm³/mol. The van der Waals surface area contributed by atoms with E-state index in [0.717, 1.165) is 0 Å². The van der Waals surface area contributed by atoms with Crippen LogP contribution in [0.3, 0.4) is 0 Å². The highest BCUT2D eigenvalue weighted by atomic mass is 14.4. The molecule has 0 fully saturated rings. The third-order valence-corrected chi connectivity index (χ3v) is 15.8. The highest BCUT2D eigenvalue weighted by Gasteiger charge is 2.36. The van der Waals surface area contributed by atoms with Crippen LogP contribution in [-0.4, -0.2) is 0 Å². The second-order valence-corrected chi connectivity index (χ2v) is 19.5. The zero-order chi connectivity index (χ0) is 44.1. The molecule has 0 saturated heterocycles. The Morgan fingerprint density at radius 2 is 0.701 bits per heavy atom. The predicted octanol–water partition coefficient (Wildman–Crippen LogP) is 18.8. The van der Waals surface area contributed by atoms with Crippen LogP contribution in [-0.2, 0) is 5.41 Å². The quantitative estimate of drug-likeness (QED) is 0.155. The lowest BCUT2D eigenvalue weighted by atomic mass is 9.78. The molecule has 1 aliphatic rings. The van der Waals surface area contributed by atoms with Gasteiger partial charge < -0.3 is 0 Å². The molecule has 14 aromatic rings. The SMILES string of the molecule is CC1(C)c2ccccc2-c2ccc(-c3cc(-c4ccc5ccc6cccc7ccc4c5c67)c4ccccc4c3-c3ccc4ccccc4c3-c3ccc4ccc5cccc6ccc3c4c56)cc21. The van der Waals surface area contributed by atoms with Gasteiger partial charge in [-0.15, -0.1) is 0 Å². The minimum atomic E-state index is -0.149. The normalized spacial score (nSPS) is 13.3. The topological polar surface area (TPSA) is 0 Å². The summed E-state index contributed by atoms with van der Waals surface area (Å²) in [4.78, 5) is 0. The maximum Gasteiger partial charge on any atom is 0.0159 e. The van der Waals surface area contributed by atoms with Gasteiger partial charge >= 0.3 is 0 Å². The van der Waals surface area contributed by atoms with Crippen molar-refractivity contribution in [2.45, 2.75) is 19.3 Å². The maximum atomic E-state index is 2.55. The van der Waals surface area contributed by atoms with Crippen molar-refractivity contribution in [2.24, 2.45) is 0 Å². The van der Waals surface area contributed by atoms with E-state index in [-0.39, 0.29) is 5.41 Å². The molecule has 67 heavy (non-hydrogen) atoms. The molecule has 0 radical (unpaired) electrons. The van der Waals surface area contributed by atoms with Crippen LogP contribution in [0.15, 0.2) is 218 Å². The highest BCUT2D eigenvalue weighted by Crippen LogP contribution is 2.54. The van der Waals surface area contributed by atoms with Crippen LogP contribution in [0.1, 0.15) is 25.0 Å². The molecular formula is C67H42. The molecule has 0 spiro atoms. The van der Waals surface area contributed by atoms with Crippen LogP contribution in [0.25, 0.3) is 142 Å². The van der Waals surface area contributed by atoms with Crippen molar-refractivity contribution in [1.29, 1.82) is 0 Å². The van der Waals surface area contributed by atoms with Gasteiger partial charge in [0.2, 0.25) is 0 Å². The van der Waals surface area contributed by atoms with Crippen LogP contribution >= 0.6 is 0 Å². The standard InChI is InChI=1S/C67H42/c1-67(2)59-20-8-7-18-50(59)51-32-30-46(37-60(51)67)57-38-58(49-31-26-44-23-21-40-12-9-14-42-27-33-53(49)63(44)61(40)42)48-17-5-6-19-52(48)66(57)56-36-25-39-11-3-4-16-47(39)65(56)55-35-29-45-24-22-41-13-10-15-43-28-34-54(55)64(45)62(41)43/h3-38H,1-2H3. The summed E-state index contributed by atoms with van der Waals surface area (Å²) in [5.41, 5.74) is 15.3. The highest BCUT2D eigenvalue weighted by molar-refractivity contribution is 6.29. The molecule has 0 amide bonds. The van der Waals surface area contributed by atoms with E-state index in [9.17, 15) is 0 Å². The minimum absolute atomic E-state index is 0.149. The van der Waals surface area contributed by atoms with Crippen molar-refractivity contribution in [1.82, 2.24) is 0 Å². The first-order chi connectivity index (χ1) is 33.0. The number of fused-ring (bicyclic) bond motifs is 5.